The van der Waals surface area contributed by atoms with E-state index < -0.39 is 35.3 Å². The van der Waals surface area contributed by atoms with Crippen molar-refractivity contribution >= 4 is 47.2 Å². The van der Waals surface area contributed by atoms with Gasteiger partial charge in [0.1, 0.15) is 18.7 Å². The van der Waals surface area contributed by atoms with Gasteiger partial charge in [-0.25, -0.2) is 4.79 Å². The predicted molar refractivity (Wildman–Crippen MR) is 174 cm³/mol. The molecule has 0 radical (unpaired) electrons. The zero-order valence-corrected chi connectivity index (χ0v) is 27.9. The van der Waals surface area contributed by atoms with Crippen molar-refractivity contribution in [2.45, 2.75) is 91.8 Å². The quantitative estimate of drug-likeness (QED) is 0.0898. The number of amides is 7. The number of primary amides is 1. The second-order valence-electron chi connectivity index (χ2n) is 12.8. The van der Waals surface area contributed by atoms with Crippen LogP contribution in [0.5, 0.6) is 0 Å². The topological polar surface area (TPSA) is 206 Å². The summed E-state index contributed by atoms with van der Waals surface area (Å²) < 4.78 is 5.33. The van der Waals surface area contributed by atoms with Crippen LogP contribution in [0.1, 0.15) is 78.7 Å². The van der Waals surface area contributed by atoms with Crippen LogP contribution in [0.3, 0.4) is 0 Å². The molecule has 2 atom stereocenters. The number of carbonyl (C=O) groups excluding carboxylic acids is 7. The van der Waals surface area contributed by atoms with E-state index in [0.29, 0.717) is 31.4 Å². The lowest BCUT2D eigenvalue weighted by Crippen LogP contribution is -2.54. The third kappa shape index (κ3) is 13.6. The van der Waals surface area contributed by atoms with E-state index in [-0.39, 0.29) is 62.1 Å². The maximum atomic E-state index is 13.3. The number of nitrogens with one attached hydrogen (secondary N) is 4. The molecule has 0 spiro atoms. The van der Waals surface area contributed by atoms with E-state index in [1.165, 1.54) is 12.2 Å². The maximum absolute atomic E-state index is 13.3. The molecule has 0 aromatic heterocycles. The molecule has 47 heavy (non-hydrogen) atoms. The van der Waals surface area contributed by atoms with Crippen LogP contribution in [0.2, 0.25) is 0 Å². The van der Waals surface area contributed by atoms with Gasteiger partial charge in [0.05, 0.1) is 5.41 Å². The molecule has 0 saturated carbocycles. The van der Waals surface area contributed by atoms with Crippen LogP contribution in [-0.4, -0.2) is 71.6 Å². The summed E-state index contributed by atoms with van der Waals surface area (Å²) in [6.45, 7) is 9.38. The van der Waals surface area contributed by atoms with E-state index in [9.17, 15) is 33.6 Å². The smallest absolute Gasteiger partial charge is 0.312 e. The lowest BCUT2D eigenvalue weighted by atomic mass is 9.97. The highest BCUT2D eigenvalue weighted by Gasteiger charge is 2.29. The number of imide groups is 1. The number of benzene rings is 1. The van der Waals surface area contributed by atoms with Gasteiger partial charge in [-0.2, -0.15) is 0 Å². The number of nitrogens with zero attached hydrogens (tertiary/aromatic N) is 1. The van der Waals surface area contributed by atoms with E-state index in [4.69, 9.17) is 10.5 Å². The second-order valence-corrected chi connectivity index (χ2v) is 12.8. The van der Waals surface area contributed by atoms with Gasteiger partial charge < -0.3 is 31.7 Å². The summed E-state index contributed by atoms with van der Waals surface area (Å²) in [5, 5.41) is 10.7. The average molecular weight is 657 g/mol. The number of carbonyl (C=O) groups is 7. The molecule has 0 fully saturated rings. The van der Waals surface area contributed by atoms with Gasteiger partial charge in [-0.3, -0.25) is 33.7 Å². The molecule has 0 bridgehead atoms. The van der Waals surface area contributed by atoms with Crippen molar-refractivity contribution in [1.82, 2.24) is 20.9 Å². The summed E-state index contributed by atoms with van der Waals surface area (Å²) in [5.41, 5.74) is 5.69. The van der Waals surface area contributed by atoms with E-state index in [1.54, 1.807) is 58.9 Å². The van der Waals surface area contributed by atoms with Crippen molar-refractivity contribution in [3.63, 3.8) is 0 Å². The summed E-state index contributed by atoms with van der Waals surface area (Å²) in [5.74, 6) is -2.69. The van der Waals surface area contributed by atoms with Crippen LogP contribution >= 0.6 is 0 Å². The Morgan fingerprint density at radius 1 is 0.872 bits per heavy atom. The number of nitrogens with two attached hydrogens (primary N) is 1. The molecule has 1 aromatic carbocycles. The number of hydrogen-bond donors (Lipinski definition) is 5. The summed E-state index contributed by atoms with van der Waals surface area (Å²) >= 11 is 0. The molecule has 1 aromatic rings. The van der Waals surface area contributed by atoms with Crippen LogP contribution in [-0.2, 0) is 40.1 Å². The van der Waals surface area contributed by atoms with Crippen LogP contribution in [0.4, 0.5) is 10.5 Å². The third-order valence-electron chi connectivity index (χ3n) is 7.26. The minimum Gasteiger partial charge on any atom is -0.460 e. The first kappa shape index (κ1) is 38.4. The molecule has 258 valence electrons. The van der Waals surface area contributed by atoms with Gasteiger partial charge in [0.25, 0.3) is 11.8 Å². The zero-order chi connectivity index (χ0) is 35.1. The Bertz CT molecular complexity index is 1300. The minimum absolute atomic E-state index is 0.0799. The molecule has 7 amide bonds. The van der Waals surface area contributed by atoms with Crippen molar-refractivity contribution in [2.75, 3.05) is 18.4 Å². The number of anilines is 1. The first-order chi connectivity index (χ1) is 22.1. The maximum Gasteiger partial charge on any atom is 0.312 e. The Balaban J connectivity index is 1.95. The van der Waals surface area contributed by atoms with Gasteiger partial charge in [0, 0.05) is 37.3 Å². The van der Waals surface area contributed by atoms with Crippen molar-refractivity contribution in [2.24, 2.45) is 17.1 Å². The highest BCUT2D eigenvalue weighted by Crippen LogP contribution is 2.18. The average Bonchev–Trinajstić information content (AvgIpc) is 3.32. The molecular formula is C33H48N6O8. The fourth-order valence-corrected chi connectivity index (χ4v) is 4.49. The molecule has 0 aliphatic carbocycles. The minimum atomic E-state index is -0.992. The van der Waals surface area contributed by atoms with Crippen LogP contribution in [0, 0.1) is 11.3 Å². The fraction of sp³-hybridized carbons (Fsp3) is 0.545. The van der Waals surface area contributed by atoms with Gasteiger partial charge in [0.15, 0.2) is 0 Å². The van der Waals surface area contributed by atoms with Crippen molar-refractivity contribution in [3.8, 4) is 0 Å². The molecule has 14 heteroatoms. The van der Waals surface area contributed by atoms with Crippen molar-refractivity contribution < 1.29 is 38.3 Å². The number of urea groups is 1. The molecule has 1 unspecified atom stereocenters. The normalized spacial score (nSPS) is 14.0. The first-order valence-electron chi connectivity index (χ1n) is 15.8. The molecule has 0 saturated heterocycles. The Labute approximate surface area is 275 Å². The van der Waals surface area contributed by atoms with Gasteiger partial charge >= 0.3 is 12.0 Å². The standard InChI is InChI=1S/C33H48N6O8/c1-21(2)28(38-25(40)11-7-6-8-19-39-26(41)16-17-27(39)42)30(44)37-24(10-9-18-35-32(34)46)29(43)36-23-14-12-22(13-15-23)20-47-31(45)33(3,4)5/h12-17,21,24,28H,6-11,18-20H2,1-5H3,(H,36,43)(H,37,44)(H,38,40)(H3,34,35,46)/t24-,28?/m1/s1. The van der Waals surface area contributed by atoms with Crippen LogP contribution in [0.15, 0.2) is 36.4 Å². The second kappa shape index (κ2) is 18.4. The highest BCUT2D eigenvalue weighted by molar-refractivity contribution is 6.12. The number of unbranched alkanes of at least 4 members (excludes halogenated alkanes) is 2. The first-order valence-corrected chi connectivity index (χ1v) is 15.8. The fourth-order valence-electron chi connectivity index (χ4n) is 4.49. The molecule has 14 nitrogen and oxygen atoms in total. The molecular weight excluding hydrogens is 608 g/mol. The summed E-state index contributed by atoms with van der Waals surface area (Å²) in [6.07, 6.45) is 4.77. The Kier molecular flexibility index (Phi) is 15.1. The lowest BCUT2D eigenvalue weighted by Gasteiger charge is -2.25. The van der Waals surface area contributed by atoms with Gasteiger partial charge in [0.2, 0.25) is 17.7 Å². The third-order valence-corrected chi connectivity index (χ3v) is 7.26. The number of ether oxygens (including phenoxy) is 1. The Morgan fingerprint density at radius 3 is 2.09 bits per heavy atom. The number of rotatable bonds is 18. The molecule has 6 N–H and O–H groups in total. The molecule has 1 aliphatic rings. The predicted octanol–water partition coefficient (Wildman–Crippen LogP) is 2.27. The summed E-state index contributed by atoms with van der Waals surface area (Å²) in [6, 6.07) is 4.12. The van der Waals surface area contributed by atoms with Crippen molar-refractivity contribution in [1.29, 1.82) is 0 Å². The van der Waals surface area contributed by atoms with E-state index >= 15 is 0 Å². The summed E-state index contributed by atoms with van der Waals surface area (Å²) in [7, 11) is 0. The SMILES string of the molecule is CC(C)C(NC(=O)CCCCCN1C(=O)C=CC1=O)C(=O)N[C@H](CCCNC(N)=O)C(=O)Nc1ccc(COC(=O)C(C)(C)C)cc1. The largest absolute Gasteiger partial charge is 0.460 e. The Hall–Kier alpha value is -4.75. The van der Waals surface area contributed by atoms with Gasteiger partial charge in [-0.15, -0.1) is 0 Å². The van der Waals surface area contributed by atoms with Crippen LogP contribution in [0.25, 0.3) is 0 Å². The highest BCUT2D eigenvalue weighted by atomic mass is 16.5. The van der Waals surface area contributed by atoms with E-state index in [2.05, 4.69) is 21.3 Å². The van der Waals surface area contributed by atoms with Crippen LogP contribution < -0.4 is 27.0 Å². The Morgan fingerprint density at radius 2 is 1.51 bits per heavy atom. The van der Waals surface area contributed by atoms with E-state index in [0.717, 1.165) is 10.5 Å². The molecule has 1 aliphatic heterocycles. The van der Waals surface area contributed by atoms with Gasteiger partial charge in [-0.05, 0) is 70.1 Å². The van der Waals surface area contributed by atoms with Gasteiger partial charge in [-0.1, -0.05) is 32.4 Å². The number of esters is 1. The summed E-state index contributed by atoms with van der Waals surface area (Å²) in [4.78, 5) is 86.9. The molecule has 1 heterocycles. The monoisotopic (exact) mass is 656 g/mol. The zero-order valence-electron chi connectivity index (χ0n) is 27.9. The van der Waals surface area contributed by atoms with Crippen molar-refractivity contribution in [3.05, 3.63) is 42.0 Å². The lowest BCUT2D eigenvalue weighted by molar-refractivity contribution is -0.154. The molecule has 2 rings (SSSR count). The van der Waals surface area contributed by atoms with E-state index in [1.807, 2.05) is 0 Å². The number of hydrogen-bond acceptors (Lipinski definition) is 8.